The topological polar surface area (TPSA) is 76.3 Å². The predicted molar refractivity (Wildman–Crippen MR) is 67.9 cm³/mol. The second-order valence-electron chi connectivity index (χ2n) is 3.67. The minimum atomic E-state index is -0.427. The third kappa shape index (κ3) is 2.78. The molecule has 1 heterocycles. The van der Waals surface area contributed by atoms with E-state index in [4.69, 9.17) is 0 Å². The van der Waals surface area contributed by atoms with Crippen LogP contribution >= 0.6 is 11.8 Å². The van der Waals surface area contributed by atoms with Crippen LogP contribution in [-0.4, -0.2) is 15.0 Å². The number of aromatic hydroxyl groups is 1. The third-order valence-corrected chi connectivity index (χ3v) is 3.21. The molecule has 5 nitrogen and oxygen atoms in total. The van der Waals surface area contributed by atoms with Gasteiger partial charge in [-0.2, -0.15) is 0 Å². The van der Waals surface area contributed by atoms with E-state index in [1.54, 1.807) is 31.2 Å². The van der Waals surface area contributed by atoms with E-state index in [0.717, 1.165) is 4.90 Å². The summed E-state index contributed by atoms with van der Waals surface area (Å²) in [6.45, 7) is 1.65. The number of aryl methyl sites for hydroxylation is 1. The van der Waals surface area contributed by atoms with Crippen LogP contribution in [0, 0.1) is 17.0 Å². The standard InChI is InChI=1S/C12H10N2O3S/c1-8-7-13-12(6-11(8)14(16)17)18-10-4-2-3-9(15)5-10/h2-7,15H,1H3. The van der Waals surface area contributed by atoms with Crippen LogP contribution in [-0.2, 0) is 0 Å². The number of nitro groups is 1. The molecule has 2 aromatic rings. The number of hydrogen-bond acceptors (Lipinski definition) is 5. The number of hydrogen-bond donors (Lipinski definition) is 1. The molecule has 0 spiro atoms. The number of phenolic OH excluding ortho intramolecular Hbond substituents is 1. The molecule has 6 heteroatoms. The van der Waals surface area contributed by atoms with Gasteiger partial charge in [-0.3, -0.25) is 10.1 Å². The summed E-state index contributed by atoms with van der Waals surface area (Å²) in [5.74, 6) is 0.154. The molecule has 0 aliphatic heterocycles. The average molecular weight is 262 g/mol. The molecule has 0 atom stereocenters. The number of phenols is 1. The van der Waals surface area contributed by atoms with Gasteiger partial charge in [-0.1, -0.05) is 17.8 Å². The zero-order valence-electron chi connectivity index (χ0n) is 9.53. The fourth-order valence-corrected chi connectivity index (χ4v) is 2.26. The lowest BCUT2D eigenvalue weighted by atomic mass is 10.3. The van der Waals surface area contributed by atoms with E-state index in [-0.39, 0.29) is 11.4 Å². The number of rotatable bonds is 3. The summed E-state index contributed by atoms with van der Waals surface area (Å²) in [5, 5.41) is 20.7. The quantitative estimate of drug-likeness (QED) is 0.679. The van der Waals surface area contributed by atoms with Gasteiger partial charge in [0.2, 0.25) is 0 Å². The average Bonchev–Trinajstić information content (AvgIpc) is 2.31. The van der Waals surface area contributed by atoms with Crippen LogP contribution in [0.15, 0.2) is 46.5 Å². The first-order valence-corrected chi connectivity index (χ1v) is 5.96. The van der Waals surface area contributed by atoms with Crippen LogP contribution in [0.4, 0.5) is 5.69 Å². The van der Waals surface area contributed by atoms with E-state index < -0.39 is 4.92 Å². The van der Waals surface area contributed by atoms with Gasteiger partial charge in [-0.15, -0.1) is 0 Å². The Morgan fingerprint density at radius 2 is 2.17 bits per heavy atom. The Bertz CT molecular complexity index is 602. The molecule has 1 aromatic heterocycles. The molecular weight excluding hydrogens is 252 g/mol. The minimum absolute atomic E-state index is 0.0488. The highest BCUT2D eigenvalue weighted by Crippen LogP contribution is 2.31. The number of nitrogens with zero attached hydrogens (tertiary/aromatic N) is 2. The van der Waals surface area contributed by atoms with Crippen LogP contribution in [0.2, 0.25) is 0 Å². The summed E-state index contributed by atoms with van der Waals surface area (Å²) < 4.78 is 0. The lowest BCUT2D eigenvalue weighted by Gasteiger charge is -2.02. The Hall–Kier alpha value is -2.08. The monoisotopic (exact) mass is 262 g/mol. The summed E-state index contributed by atoms with van der Waals surface area (Å²) in [5.41, 5.74) is 0.577. The first-order valence-electron chi connectivity index (χ1n) is 5.14. The minimum Gasteiger partial charge on any atom is -0.508 e. The highest BCUT2D eigenvalue weighted by molar-refractivity contribution is 7.99. The molecule has 0 fully saturated rings. The Kier molecular flexibility index (Phi) is 3.47. The Balaban J connectivity index is 2.30. The molecule has 0 aliphatic carbocycles. The summed E-state index contributed by atoms with van der Waals surface area (Å²) >= 11 is 1.27. The number of aromatic nitrogens is 1. The maximum Gasteiger partial charge on any atom is 0.276 e. The molecular formula is C12H10N2O3S. The first-order chi connectivity index (χ1) is 8.56. The van der Waals surface area contributed by atoms with Crippen LogP contribution in [0.5, 0.6) is 5.75 Å². The largest absolute Gasteiger partial charge is 0.508 e. The van der Waals surface area contributed by atoms with Crippen molar-refractivity contribution in [1.29, 1.82) is 0 Å². The SMILES string of the molecule is Cc1cnc(Sc2cccc(O)c2)cc1[N+](=O)[O-]. The van der Waals surface area contributed by atoms with Crippen molar-refractivity contribution < 1.29 is 10.0 Å². The van der Waals surface area contributed by atoms with Gasteiger partial charge in [-0.25, -0.2) is 4.98 Å². The number of benzene rings is 1. The molecule has 92 valence electrons. The predicted octanol–water partition coefficient (Wildman–Crippen LogP) is 3.16. The van der Waals surface area contributed by atoms with Gasteiger partial charge in [0.05, 0.1) is 4.92 Å². The van der Waals surface area contributed by atoms with E-state index >= 15 is 0 Å². The maximum absolute atomic E-state index is 10.8. The van der Waals surface area contributed by atoms with Gasteiger partial charge < -0.3 is 5.11 Å². The van der Waals surface area contributed by atoms with E-state index in [2.05, 4.69) is 4.98 Å². The van der Waals surface area contributed by atoms with E-state index in [1.807, 2.05) is 0 Å². The highest BCUT2D eigenvalue weighted by Gasteiger charge is 2.12. The van der Waals surface area contributed by atoms with Crippen molar-refractivity contribution >= 4 is 17.4 Å². The second kappa shape index (κ2) is 5.05. The van der Waals surface area contributed by atoms with Gasteiger partial charge in [0.1, 0.15) is 10.8 Å². The van der Waals surface area contributed by atoms with Crippen molar-refractivity contribution in [3.05, 3.63) is 52.2 Å². The van der Waals surface area contributed by atoms with Gasteiger partial charge in [0, 0.05) is 22.7 Å². The summed E-state index contributed by atoms with van der Waals surface area (Å²) in [4.78, 5) is 15.3. The van der Waals surface area contributed by atoms with Gasteiger partial charge in [0.25, 0.3) is 5.69 Å². The van der Waals surface area contributed by atoms with Crippen molar-refractivity contribution in [2.45, 2.75) is 16.8 Å². The molecule has 0 radical (unpaired) electrons. The first kappa shape index (κ1) is 12.4. The zero-order chi connectivity index (χ0) is 13.1. The van der Waals surface area contributed by atoms with Gasteiger partial charge in [-0.05, 0) is 25.1 Å². The van der Waals surface area contributed by atoms with Crippen molar-refractivity contribution in [2.75, 3.05) is 0 Å². The van der Waals surface area contributed by atoms with Crippen LogP contribution in [0.3, 0.4) is 0 Å². The van der Waals surface area contributed by atoms with Gasteiger partial charge in [0.15, 0.2) is 0 Å². The lowest BCUT2D eigenvalue weighted by molar-refractivity contribution is -0.385. The smallest absolute Gasteiger partial charge is 0.276 e. The fourth-order valence-electron chi connectivity index (χ4n) is 1.41. The summed E-state index contributed by atoms with van der Waals surface area (Å²) in [6.07, 6.45) is 1.48. The molecule has 0 amide bonds. The molecule has 2 rings (SSSR count). The van der Waals surface area contributed by atoms with Crippen LogP contribution < -0.4 is 0 Å². The second-order valence-corrected chi connectivity index (χ2v) is 4.76. The molecule has 0 bridgehead atoms. The number of pyridine rings is 1. The molecule has 1 N–H and O–H groups in total. The van der Waals surface area contributed by atoms with E-state index in [1.165, 1.54) is 24.0 Å². The summed E-state index contributed by atoms with van der Waals surface area (Å²) in [6, 6.07) is 8.09. The van der Waals surface area contributed by atoms with Crippen molar-refractivity contribution in [3.63, 3.8) is 0 Å². The van der Waals surface area contributed by atoms with E-state index in [0.29, 0.717) is 10.6 Å². The fraction of sp³-hybridized carbons (Fsp3) is 0.0833. The lowest BCUT2D eigenvalue weighted by Crippen LogP contribution is -1.93. The molecule has 0 saturated carbocycles. The molecule has 1 aromatic carbocycles. The van der Waals surface area contributed by atoms with E-state index in [9.17, 15) is 15.2 Å². The molecule has 0 aliphatic rings. The van der Waals surface area contributed by atoms with Crippen LogP contribution in [0.25, 0.3) is 0 Å². The van der Waals surface area contributed by atoms with Crippen molar-refractivity contribution in [2.24, 2.45) is 0 Å². The van der Waals surface area contributed by atoms with Gasteiger partial charge >= 0.3 is 0 Å². The zero-order valence-corrected chi connectivity index (χ0v) is 10.3. The maximum atomic E-state index is 10.8. The normalized spacial score (nSPS) is 10.3. The third-order valence-electron chi connectivity index (χ3n) is 2.29. The van der Waals surface area contributed by atoms with Crippen molar-refractivity contribution in [1.82, 2.24) is 4.98 Å². The van der Waals surface area contributed by atoms with Crippen LogP contribution in [0.1, 0.15) is 5.56 Å². The summed E-state index contributed by atoms with van der Waals surface area (Å²) in [7, 11) is 0. The Morgan fingerprint density at radius 1 is 1.39 bits per heavy atom. The Labute approximate surface area is 108 Å². The Morgan fingerprint density at radius 3 is 2.83 bits per heavy atom. The molecule has 0 saturated heterocycles. The highest BCUT2D eigenvalue weighted by atomic mass is 32.2. The molecule has 18 heavy (non-hydrogen) atoms. The van der Waals surface area contributed by atoms with Crippen molar-refractivity contribution in [3.8, 4) is 5.75 Å². The molecule has 0 unspecified atom stereocenters.